The minimum atomic E-state index is -0.245. The first kappa shape index (κ1) is 11.2. The Labute approximate surface area is 105 Å². The fraction of sp³-hybridized carbons (Fsp3) is 0.286. The van der Waals surface area contributed by atoms with Gasteiger partial charge in [-0.05, 0) is 5.56 Å². The van der Waals surface area contributed by atoms with Crippen LogP contribution in [0.25, 0.3) is 0 Å². The lowest BCUT2D eigenvalue weighted by Gasteiger charge is -2.27. The summed E-state index contributed by atoms with van der Waals surface area (Å²) in [6.45, 7) is 2.77. The highest BCUT2D eigenvalue weighted by Gasteiger charge is 2.17. The van der Waals surface area contributed by atoms with E-state index in [-0.39, 0.29) is 5.69 Å². The van der Waals surface area contributed by atoms with Crippen molar-refractivity contribution in [2.75, 3.05) is 6.54 Å². The summed E-state index contributed by atoms with van der Waals surface area (Å²) in [7, 11) is 0. The number of aromatic amines is 1. The molecule has 0 amide bonds. The zero-order valence-electron chi connectivity index (χ0n) is 10.1. The molecule has 0 fully saturated rings. The molecule has 1 aromatic heterocycles. The normalized spacial score (nSPS) is 15.3. The van der Waals surface area contributed by atoms with Gasteiger partial charge in [0.25, 0.3) is 0 Å². The molecule has 0 atom stereocenters. The molecular formula is C14H15N3O. The summed E-state index contributed by atoms with van der Waals surface area (Å²) in [5, 5.41) is 0. The third kappa shape index (κ3) is 2.33. The Morgan fingerprint density at radius 3 is 2.94 bits per heavy atom. The van der Waals surface area contributed by atoms with Crippen LogP contribution in [0.2, 0.25) is 0 Å². The molecule has 0 aliphatic carbocycles. The maximum atomic E-state index is 11.1. The van der Waals surface area contributed by atoms with Gasteiger partial charge in [0.1, 0.15) is 0 Å². The van der Waals surface area contributed by atoms with Gasteiger partial charge in [0.2, 0.25) is 0 Å². The lowest BCUT2D eigenvalue weighted by Crippen LogP contribution is -2.32. The van der Waals surface area contributed by atoms with E-state index in [0.717, 1.165) is 37.3 Å². The molecule has 3 rings (SSSR count). The van der Waals surface area contributed by atoms with Crippen molar-refractivity contribution < 1.29 is 0 Å². The van der Waals surface area contributed by atoms with Crippen molar-refractivity contribution in [3.05, 3.63) is 63.8 Å². The Balaban J connectivity index is 1.75. The molecule has 0 saturated heterocycles. The summed E-state index contributed by atoms with van der Waals surface area (Å²) < 4.78 is 0. The van der Waals surface area contributed by atoms with Gasteiger partial charge >= 0.3 is 5.69 Å². The highest BCUT2D eigenvalue weighted by Crippen LogP contribution is 2.16. The number of rotatable bonds is 2. The van der Waals surface area contributed by atoms with Gasteiger partial charge in [0, 0.05) is 43.5 Å². The van der Waals surface area contributed by atoms with Crippen LogP contribution in [-0.4, -0.2) is 21.4 Å². The summed E-state index contributed by atoms with van der Waals surface area (Å²) in [6.07, 6.45) is 2.59. The van der Waals surface area contributed by atoms with Crippen LogP contribution >= 0.6 is 0 Å². The number of nitrogens with one attached hydrogen (secondary N) is 1. The summed E-state index contributed by atoms with van der Waals surface area (Å²) in [6, 6.07) is 10.4. The predicted molar refractivity (Wildman–Crippen MR) is 69.1 cm³/mol. The number of hydrogen-bond donors (Lipinski definition) is 1. The largest absolute Gasteiger partial charge is 0.345 e. The van der Waals surface area contributed by atoms with Crippen LogP contribution in [0.15, 0.2) is 41.3 Å². The van der Waals surface area contributed by atoms with Crippen molar-refractivity contribution >= 4 is 0 Å². The van der Waals surface area contributed by atoms with Crippen molar-refractivity contribution in [2.45, 2.75) is 19.5 Å². The van der Waals surface area contributed by atoms with Gasteiger partial charge in [-0.3, -0.25) is 4.90 Å². The Hall–Kier alpha value is -1.94. The van der Waals surface area contributed by atoms with Crippen molar-refractivity contribution in [3.8, 4) is 0 Å². The second kappa shape index (κ2) is 4.74. The van der Waals surface area contributed by atoms with E-state index >= 15 is 0 Å². The zero-order valence-corrected chi connectivity index (χ0v) is 10.1. The van der Waals surface area contributed by atoms with E-state index < -0.39 is 0 Å². The molecule has 0 spiro atoms. The lowest BCUT2D eigenvalue weighted by molar-refractivity contribution is 0.242. The van der Waals surface area contributed by atoms with E-state index in [4.69, 9.17) is 0 Å². The average Bonchev–Trinajstić information content (AvgIpc) is 2.40. The Bertz CT molecular complexity index is 591. The predicted octanol–water partition coefficient (Wildman–Crippen LogP) is 1.33. The number of fused-ring (bicyclic) bond motifs is 1. The molecule has 0 bridgehead atoms. The maximum Gasteiger partial charge on any atom is 0.345 e. The number of nitrogens with zero attached hydrogens (tertiary/aromatic N) is 2. The molecule has 1 aliphatic heterocycles. The number of aromatic nitrogens is 2. The molecule has 0 unspecified atom stereocenters. The Morgan fingerprint density at radius 1 is 1.28 bits per heavy atom. The van der Waals surface area contributed by atoms with Gasteiger partial charge in [-0.25, -0.2) is 9.78 Å². The van der Waals surface area contributed by atoms with E-state index in [2.05, 4.69) is 39.1 Å². The summed E-state index contributed by atoms with van der Waals surface area (Å²) in [5.74, 6) is 0. The molecule has 92 valence electrons. The third-order valence-corrected chi connectivity index (χ3v) is 3.30. The van der Waals surface area contributed by atoms with E-state index in [1.54, 1.807) is 6.20 Å². The van der Waals surface area contributed by atoms with Crippen LogP contribution in [-0.2, 0) is 19.5 Å². The molecule has 2 aromatic rings. The van der Waals surface area contributed by atoms with Gasteiger partial charge < -0.3 is 4.98 Å². The molecule has 1 aromatic carbocycles. The minimum Gasteiger partial charge on any atom is -0.309 e. The molecule has 4 nitrogen and oxygen atoms in total. The molecule has 1 N–H and O–H groups in total. The molecule has 1 aliphatic rings. The van der Waals surface area contributed by atoms with Crippen molar-refractivity contribution in [2.24, 2.45) is 0 Å². The highest BCUT2D eigenvalue weighted by molar-refractivity contribution is 5.20. The van der Waals surface area contributed by atoms with E-state index in [0.29, 0.717) is 0 Å². The van der Waals surface area contributed by atoms with Gasteiger partial charge in [0.15, 0.2) is 0 Å². The summed E-state index contributed by atoms with van der Waals surface area (Å²) in [5.41, 5.74) is 3.25. The first-order valence-electron chi connectivity index (χ1n) is 6.14. The maximum absolute atomic E-state index is 11.1. The van der Waals surface area contributed by atoms with Crippen molar-refractivity contribution in [3.63, 3.8) is 0 Å². The van der Waals surface area contributed by atoms with Crippen molar-refractivity contribution in [1.82, 2.24) is 14.9 Å². The number of benzene rings is 1. The molecular weight excluding hydrogens is 226 g/mol. The highest BCUT2D eigenvalue weighted by atomic mass is 16.1. The molecule has 0 saturated carbocycles. The first-order valence-corrected chi connectivity index (χ1v) is 6.14. The number of H-pyrrole nitrogens is 1. The van der Waals surface area contributed by atoms with E-state index in [1.807, 2.05) is 6.07 Å². The lowest BCUT2D eigenvalue weighted by atomic mass is 10.1. The monoisotopic (exact) mass is 241 g/mol. The fourth-order valence-corrected chi connectivity index (χ4v) is 2.38. The molecule has 4 heteroatoms. The smallest absolute Gasteiger partial charge is 0.309 e. The van der Waals surface area contributed by atoms with Gasteiger partial charge in [-0.15, -0.1) is 0 Å². The Kier molecular flexibility index (Phi) is 2.94. The van der Waals surface area contributed by atoms with Gasteiger partial charge in [-0.1, -0.05) is 30.3 Å². The molecule has 18 heavy (non-hydrogen) atoms. The first-order chi connectivity index (χ1) is 8.81. The standard InChI is InChI=1S/C14H15N3O/c18-14-15-8-12-10-17(7-6-13(12)16-14)9-11-4-2-1-3-5-11/h1-5,8H,6-7,9-10H2,(H,15,16,18). The zero-order chi connectivity index (χ0) is 12.4. The van der Waals surface area contributed by atoms with E-state index in [1.165, 1.54) is 5.56 Å². The van der Waals surface area contributed by atoms with Gasteiger partial charge in [0.05, 0.1) is 0 Å². The third-order valence-electron chi connectivity index (χ3n) is 3.30. The molecule has 0 radical (unpaired) electrons. The van der Waals surface area contributed by atoms with Gasteiger partial charge in [-0.2, -0.15) is 0 Å². The fourth-order valence-electron chi connectivity index (χ4n) is 2.38. The topological polar surface area (TPSA) is 49.0 Å². The van der Waals surface area contributed by atoms with Crippen LogP contribution in [0.5, 0.6) is 0 Å². The van der Waals surface area contributed by atoms with Crippen LogP contribution in [0, 0.1) is 0 Å². The second-order valence-corrected chi connectivity index (χ2v) is 4.64. The van der Waals surface area contributed by atoms with Crippen LogP contribution in [0.4, 0.5) is 0 Å². The minimum absolute atomic E-state index is 0.245. The number of hydrogen-bond acceptors (Lipinski definition) is 3. The van der Waals surface area contributed by atoms with Crippen LogP contribution in [0.3, 0.4) is 0 Å². The SMILES string of the molecule is O=c1ncc2c([nH]1)CCN(Cc1ccccc1)C2. The quantitative estimate of drug-likeness (QED) is 0.863. The van der Waals surface area contributed by atoms with Crippen LogP contribution in [0.1, 0.15) is 16.8 Å². The van der Waals surface area contributed by atoms with Crippen LogP contribution < -0.4 is 5.69 Å². The Morgan fingerprint density at radius 2 is 2.11 bits per heavy atom. The van der Waals surface area contributed by atoms with Crippen molar-refractivity contribution in [1.29, 1.82) is 0 Å². The summed E-state index contributed by atoms with van der Waals surface area (Å²) >= 11 is 0. The average molecular weight is 241 g/mol. The molecule has 2 heterocycles. The van der Waals surface area contributed by atoms with E-state index in [9.17, 15) is 4.79 Å². The summed E-state index contributed by atoms with van der Waals surface area (Å²) in [4.78, 5) is 20.1. The second-order valence-electron chi connectivity index (χ2n) is 4.64.